The molecule has 0 radical (unpaired) electrons. The van der Waals surface area contributed by atoms with Gasteiger partial charge in [-0.05, 0) is 213 Å². The van der Waals surface area contributed by atoms with Crippen LogP contribution in [0, 0.1) is 43.5 Å². The van der Waals surface area contributed by atoms with E-state index in [1.807, 2.05) is 117 Å². The van der Waals surface area contributed by atoms with Crippen molar-refractivity contribution in [3.05, 3.63) is 317 Å². The van der Waals surface area contributed by atoms with Gasteiger partial charge in [-0.2, -0.15) is 31.8 Å². The maximum Gasteiger partial charge on any atom is 0.276 e. The average Bonchev–Trinajstić information content (AvgIpc) is 1.27. The topological polar surface area (TPSA) is 156 Å². The molecule has 0 aliphatic heterocycles. The van der Waals surface area contributed by atoms with Gasteiger partial charge in [-0.3, -0.25) is 18.9 Å². The van der Waals surface area contributed by atoms with Crippen LogP contribution in [0.25, 0.3) is 33.7 Å². The molecule has 0 bridgehead atoms. The van der Waals surface area contributed by atoms with Gasteiger partial charge >= 0.3 is 0 Å². The van der Waals surface area contributed by atoms with Crippen molar-refractivity contribution < 1.29 is 36.7 Å². The van der Waals surface area contributed by atoms with E-state index in [1.165, 1.54) is 45.2 Å². The number of aryl methyl sites for hydroxylation is 3. The van der Waals surface area contributed by atoms with Gasteiger partial charge < -0.3 is 14.2 Å². The fraction of sp³-hybridized carbons (Fsp3) is 0.290. The molecule has 2 aliphatic carbocycles. The van der Waals surface area contributed by atoms with Gasteiger partial charge in [0.2, 0.25) is 19.1 Å². The van der Waals surface area contributed by atoms with E-state index >= 15 is 0 Å². The Bertz CT molecular complexity index is 4980. The molecule has 0 saturated carbocycles. The molecule has 8 aromatic carbocycles. The van der Waals surface area contributed by atoms with Crippen molar-refractivity contribution in [1.29, 1.82) is 0 Å². The molecule has 1 atom stereocenters. The highest BCUT2D eigenvalue weighted by molar-refractivity contribution is 8.07. The van der Waals surface area contributed by atoms with Crippen LogP contribution in [0.4, 0.5) is 0 Å². The summed E-state index contributed by atoms with van der Waals surface area (Å²) in [5, 5.41) is 9.05. The lowest BCUT2D eigenvalue weighted by atomic mass is 9.91. The molecule has 8 aromatic rings. The summed E-state index contributed by atoms with van der Waals surface area (Å²) in [4.78, 5) is 48.6. The molecule has 0 spiro atoms. The molecule has 11 nitrogen and oxygen atoms in total. The number of allylic oxidation sites excluding steroid dienone is 6. The number of hydrazone groups is 1. The molecule has 16 heteroatoms. The van der Waals surface area contributed by atoms with E-state index < -0.39 is 17.4 Å². The van der Waals surface area contributed by atoms with E-state index in [1.54, 1.807) is 62.1 Å². The third kappa shape index (κ3) is 41.1. The first-order valence-corrected chi connectivity index (χ1v) is 43.9. The van der Waals surface area contributed by atoms with Gasteiger partial charge in [0.1, 0.15) is 6.29 Å². The van der Waals surface area contributed by atoms with Crippen LogP contribution in [0.15, 0.2) is 272 Å². The van der Waals surface area contributed by atoms with Crippen molar-refractivity contribution in [2.45, 2.75) is 166 Å². The first-order chi connectivity index (χ1) is 55.8. The third-order valence-corrected chi connectivity index (χ3v) is 20.5. The van der Waals surface area contributed by atoms with Gasteiger partial charge in [0.05, 0.1) is 17.2 Å². The van der Waals surface area contributed by atoms with Gasteiger partial charge in [0, 0.05) is 105 Å². The van der Waals surface area contributed by atoms with Crippen LogP contribution in [-0.4, -0.2) is 70.2 Å². The van der Waals surface area contributed by atoms with Crippen LogP contribution in [-0.2, 0) is 87.7 Å². The Kier molecular flexibility index (Phi) is 54.1. The predicted molar refractivity (Wildman–Crippen MR) is 500 cm³/mol. The Balaban J connectivity index is 0.000000478. The zero-order valence-electron chi connectivity index (χ0n) is 68.2. The summed E-state index contributed by atoms with van der Waals surface area (Å²) in [7, 11) is -2.67. The smallest absolute Gasteiger partial charge is 0.276 e. The number of amides is 1. The Hall–Kier alpha value is -10.6. The Morgan fingerprint density at radius 1 is 0.595 bits per heavy atom. The highest BCUT2D eigenvalue weighted by atomic mass is 32.8. The van der Waals surface area contributed by atoms with E-state index in [4.69, 9.17) is 17.4 Å². The van der Waals surface area contributed by atoms with Gasteiger partial charge in [-0.15, -0.1) is 47.6 Å². The molecule has 1 amide bonds. The number of ketones is 2. The van der Waals surface area contributed by atoms with Crippen molar-refractivity contribution in [3.8, 4) is 36.5 Å². The minimum atomic E-state index is -3.75. The number of carbonyl (C=O) groups excluding carboxylic acids is 4. The van der Waals surface area contributed by atoms with Gasteiger partial charge in [-0.25, -0.2) is 0 Å². The molecule has 1 unspecified atom stereocenters. The molecule has 0 aromatic heterocycles. The van der Waals surface area contributed by atoms with Crippen molar-refractivity contribution in [2.75, 3.05) is 27.4 Å². The number of nitrogens with one attached hydrogen (secondary N) is 1. The highest BCUT2D eigenvalue weighted by Gasteiger charge is 2.24. The van der Waals surface area contributed by atoms with Crippen molar-refractivity contribution >= 4 is 116 Å². The van der Waals surface area contributed by atoms with E-state index in [0.29, 0.717) is 51.3 Å². The lowest BCUT2D eigenvalue weighted by Gasteiger charge is -2.16. The van der Waals surface area contributed by atoms with Crippen LogP contribution in [0.1, 0.15) is 183 Å². The number of aldehydes is 1. The molecule has 1 N–H and O–H groups in total. The molecule has 2 aliphatic rings. The molecule has 116 heavy (non-hydrogen) atoms. The quantitative estimate of drug-likeness (QED) is 0.00511. The molecule has 606 valence electrons. The number of rotatable bonds is 31. The summed E-state index contributed by atoms with van der Waals surface area (Å²) >= 11 is 7.33. The number of unbranched alkanes of at least 4 members (excludes halogenated alkanes) is 6. The number of Topliss-reactive ketones (excluding diaryl/α,β-unsaturated/α-hetero) is 2. The van der Waals surface area contributed by atoms with Crippen LogP contribution >= 0.6 is 20.9 Å². The van der Waals surface area contributed by atoms with Gasteiger partial charge in [0.15, 0.2) is 5.78 Å². The monoisotopic (exact) mass is 1640 g/mol. The zero-order valence-corrected chi connectivity index (χ0v) is 72.6. The zero-order chi connectivity index (χ0) is 84.2. The largest absolute Gasteiger partial charge is 0.349 e. The third-order valence-electron chi connectivity index (χ3n) is 17.5. The second-order valence-corrected chi connectivity index (χ2v) is 31.0. The van der Waals surface area contributed by atoms with Crippen molar-refractivity contribution in [1.82, 2.24) is 9.73 Å². The molecular weight excluding hydrogens is 1530 g/mol. The van der Waals surface area contributed by atoms with Crippen LogP contribution in [0.3, 0.4) is 0 Å². The number of nitrogens with zero attached hydrogens (tertiary/aromatic N) is 2. The van der Waals surface area contributed by atoms with E-state index in [0.717, 1.165) is 147 Å². The number of fused-ring (bicyclic) bond motifs is 4. The van der Waals surface area contributed by atoms with Crippen LogP contribution < -0.4 is 4.83 Å². The number of benzene rings is 8. The fourth-order valence-corrected chi connectivity index (χ4v) is 14.3. The number of sulfonamides is 1. The molecule has 10 rings (SSSR count). The second kappa shape index (κ2) is 61.8. The fourth-order valence-electron chi connectivity index (χ4n) is 12.0. The number of hydrogen-bond donors (Lipinski definition) is 1. The van der Waals surface area contributed by atoms with E-state index in [9.17, 15) is 32.2 Å². The standard InChI is InChI=1S/C26H26N2O2S.C19H18O.C18H18O.C13H14.C10H15O2P.C8H13NO.C6H8O.S2.H2S/c1-3-4-5-13-25(27-28-31(29,30)22-16-14-19(2)15-17-22)26-23-11-7-6-9-20(23)18-21-10-8-12-24(21)26;1-2-3-4-12-18(20)19-16-10-6-5-8-14(16)13-15-9-7-11-17(15)19;1-2-3-15-18(19)16-11-6-4-5-8-12-17-13-9-7-10-14-17;1-2-3-4-5-7-10-13-11-8-6-9-12-13;1-3-12-13(2,11)9-10-7-5-4-6-8-10;1-4-5-6-7-8(10)9(2)3;1-2-3-4-5-6-7;1-2;/h4,6-7,9,11,14-18,28H,1,5,8,10,12-13H2,2H3;3,5-6,8,10,13H,1,4,7,9,11-12H2;3,7-10,12-14H,1,4-6,15H2;1,6-12H,3-5H2;4-8H,3,9H2,1-2H3;5H,1,6-7H2,2-3H3;1,6H,3-5H2;;1H2/b27-25+;;12-8+;10-7+;;;;;. The Labute approximate surface area is 710 Å². The van der Waals surface area contributed by atoms with E-state index in [2.05, 4.69) is 190 Å². The lowest BCUT2D eigenvalue weighted by Crippen LogP contribution is -2.21. The predicted octanol–water partition coefficient (Wildman–Crippen LogP) is 23.2. The maximum atomic E-state index is 12.9. The van der Waals surface area contributed by atoms with Gasteiger partial charge in [-0.1, -0.05) is 226 Å². The summed E-state index contributed by atoms with van der Waals surface area (Å²) in [6.07, 6.45) is 45.5. The molecule has 0 heterocycles. The second-order valence-electron chi connectivity index (χ2n) is 26.7. The van der Waals surface area contributed by atoms with Crippen molar-refractivity contribution in [2.24, 2.45) is 5.10 Å². The number of carbonyl (C=O) groups is 4. The average molecular weight is 1650 g/mol. The van der Waals surface area contributed by atoms with Crippen LogP contribution in [0.2, 0.25) is 0 Å². The summed E-state index contributed by atoms with van der Waals surface area (Å²) in [6.45, 7) is 20.0. The first kappa shape index (κ1) is 101. The van der Waals surface area contributed by atoms with Gasteiger partial charge in [0.25, 0.3) is 10.0 Å². The molecule has 0 fully saturated rings. The molecule has 0 saturated heterocycles. The number of hydrogen-bond acceptors (Lipinski definition) is 11. The highest BCUT2D eigenvalue weighted by Crippen LogP contribution is 2.46. The van der Waals surface area contributed by atoms with Crippen molar-refractivity contribution in [3.63, 3.8) is 0 Å². The van der Waals surface area contributed by atoms with E-state index in [-0.39, 0.29) is 35.9 Å². The Morgan fingerprint density at radius 3 is 1.54 bits per heavy atom. The SMILES string of the molecule is C#CCCC/C=C/c1ccccc1.C#CCCCC=O.C=C=CCC(=O)C#CCCC/C=C/c1ccccc1.C=C=CCC/C(=N\NS(=O)(=O)c1ccc(C)cc1)c1c2c(cc3ccccc13)CCC2.C=C=CCCC(=O)N(C)C.C=C=CCCC(=O)c1c2c(cc3ccccc13)CCC2.CCOP(C)(=O)Cc1ccccc1.S.S=S. The number of terminal acetylenes is 2. The first-order valence-electron chi connectivity index (χ1n) is 38.8. The Morgan fingerprint density at radius 2 is 1.05 bits per heavy atom. The van der Waals surface area contributed by atoms with Crippen LogP contribution in [0.5, 0.6) is 0 Å². The minimum absolute atomic E-state index is 0. The maximum absolute atomic E-state index is 12.9. The lowest BCUT2D eigenvalue weighted by molar-refractivity contribution is -0.128. The summed E-state index contributed by atoms with van der Waals surface area (Å²) in [5.74, 6) is 10.9. The normalized spacial score (nSPS) is 11.5. The summed E-state index contributed by atoms with van der Waals surface area (Å²) < 4.78 is 42.7. The minimum Gasteiger partial charge on any atom is -0.349 e. The summed E-state index contributed by atoms with van der Waals surface area (Å²) in [6, 6.07) is 58.0. The summed E-state index contributed by atoms with van der Waals surface area (Å²) in [5.41, 5.74) is 23.3. The molecular formula is C100H114N3O8PS4.